The molecule has 0 bridgehead atoms. The van der Waals surface area contributed by atoms with Crippen molar-refractivity contribution in [2.24, 2.45) is 7.05 Å². The Morgan fingerprint density at radius 3 is 3.00 bits per heavy atom. The van der Waals surface area contributed by atoms with Crippen LogP contribution < -0.4 is 20.5 Å². The van der Waals surface area contributed by atoms with Gasteiger partial charge in [0.05, 0.1) is 17.2 Å². The number of anilines is 2. The van der Waals surface area contributed by atoms with Crippen LogP contribution in [0, 0.1) is 0 Å². The Morgan fingerprint density at radius 1 is 1.26 bits per heavy atom. The summed E-state index contributed by atoms with van der Waals surface area (Å²) in [6.07, 6.45) is 2.32. The van der Waals surface area contributed by atoms with Crippen molar-refractivity contribution in [1.29, 1.82) is 0 Å². The number of benzene rings is 1. The maximum absolute atomic E-state index is 6.24. The zero-order valence-electron chi connectivity index (χ0n) is 14.9. The molecule has 0 radical (unpaired) electrons. The van der Waals surface area contributed by atoms with Crippen LogP contribution in [-0.2, 0) is 11.8 Å². The summed E-state index contributed by atoms with van der Waals surface area (Å²) in [5, 5.41) is 8.42. The molecule has 2 aromatic heterocycles. The van der Waals surface area contributed by atoms with Gasteiger partial charge in [-0.1, -0.05) is 0 Å². The van der Waals surface area contributed by atoms with E-state index in [9.17, 15) is 0 Å². The molecule has 1 aromatic carbocycles. The Bertz CT molecular complexity index is 1010. The fourth-order valence-corrected chi connectivity index (χ4v) is 3.46. The fraction of sp³-hybridized carbons (Fsp3) is 0.389. The molecule has 0 saturated carbocycles. The fourth-order valence-electron chi connectivity index (χ4n) is 3.46. The summed E-state index contributed by atoms with van der Waals surface area (Å²) >= 11 is 0. The summed E-state index contributed by atoms with van der Waals surface area (Å²) < 4.78 is 18.2. The molecule has 4 heterocycles. The highest BCUT2D eigenvalue weighted by Gasteiger charge is 2.21. The number of hydrogen-bond donors (Lipinski definition) is 2. The first kappa shape index (κ1) is 16.1. The summed E-state index contributed by atoms with van der Waals surface area (Å²) in [7, 11) is 1.79. The van der Waals surface area contributed by atoms with E-state index in [-0.39, 0.29) is 12.9 Å². The maximum Gasteiger partial charge on any atom is 0.231 e. The third kappa shape index (κ3) is 2.80. The molecule has 1 unspecified atom stereocenters. The van der Waals surface area contributed by atoms with E-state index in [1.54, 1.807) is 11.7 Å². The van der Waals surface area contributed by atoms with Crippen molar-refractivity contribution in [2.75, 3.05) is 31.0 Å². The minimum Gasteiger partial charge on any atom is -0.454 e. The first-order valence-electron chi connectivity index (χ1n) is 8.95. The summed E-state index contributed by atoms with van der Waals surface area (Å²) in [5.41, 5.74) is 8.36. The molecule has 5 rings (SSSR count). The van der Waals surface area contributed by atoms with Gasteiger partial charge in [0.25, 0.3) is 0 Å². The Hall–Kier alpha value is -3.07. The molecule has 1 fully saturated rings. The second kappa shape index (κ2) is 6.27. The lowest BCUT2D eigenvalue weighted by atomic mass is 10.1. The van der Waals surface area contributed by atoms with Crippen LogP contribution in [-0.4, -0.2) is 45.8 Å². The molecular formula is C18H20N6O3. The summed E-state index contributed by atoms with van der Waals surface area (Å²) in [4.78, 5) is 9.26. The van der Waals surface area contributed by atoms with E-state index in [0.29, 0.717) is 35.4 Å². The summed E-state index contributed by atoms with van der Waals surface area (Å²) in [6, 6.07) is 5.71. The van der Waals surface area contributed by atoms with Crippen LogP contribution in [0.25, 0.3) is 22.3 Å². The minimum absolute atomic E-state index is 0.187. The number of nitrogens with one attached hydrogen (secondary N) is 1. The van der Waals surface area contributed by atoms with E-state index in [1.807, 2.05) is 18.2 Å². The Morgan fingerprint density at radius 2 is 2.15 bits per heavy atom. The van der Waals surface area contributed by atoms with Crippen molar-refractivity contribution in [3.8, 4) is 22.8 Å². The van der Waals surface area contributed by atoms with Crippen LogP contribution in [0.1, 0.15) is 12.8 Å². The molecule has 9 nitrogen and oxygen atoms in total. The number of ether oxygens (including phenoxy) is 3. The average molecular weight is 368 g/mol. The standard InChI is InChI=1S/C18H20N6O3/c1-24-16(19)14-15(10-4-5-12-13(7-10)27-9-26-12)21-18(22-17(14)23-24)20-8-11-3-2-6-25-11/h4-5,7,11H,2-3,6,8-9,19H2,1H3,(H,20,22,23). The first-order chi connectivity index (χ1) is 13.2. The van der Waals surface area contributed by atoms with Crippen molar-refractivity contribution in [3.05, 3.63) is 18.2 Å². The van der Waals surface area contributed by atoms with Crippen molar-refractivity contribution < 1.29 is 14.2 Å². The van der Waals surface area contributed by atoms with Crippen LogP contribution in [0.3, 0.4) is 0 Å². The third-order valence-corrected chi connectivity index (χ3v) is 4.90. The molecule has 3 aromatic rings. The molecule has 27 heavy (non-hydrogen) atoms. The predicted molar refractivity (Wildman–Crippen MR) is 99.7 cm³/mol. The molecule has 140 valence electrons. The second-order valence-corrected chi connectivity index (χ2v) is 6.69. The van der Waals surface area contributed by atoms with Crippen molar-refractivity contribution in [2.45, 2.75) is 18.9 Å². The molecular weight excluding hydrogens is 348 g/mol. The zero-order valence-corrected chi connectivity index (χ0v) is 14.9. The van der Waals surface area contributed by atoms with E-state index < -0.39 is 0 Å². The van der Waals surface area contributed by atoms with Gasteiger partial charge in [-0.25, -0.2) is 4.98 Å². The van der Waals surface area contributed by atoms with Crippen LogP contribution in [0.4, 0.5) is 11.8 Å². The predicted octanol–water partition coefficient (Wildman–Crippen LogP) is 1.93. The van der Waals surface area contributed by atoms with Gasteiger partial charge in [0.2, 0.25) is 12.7 Å². The quantitative estimate of drug-likeness (QED) is 0.719. The maximum atomic E-state index is 6.24. The van der Waals surface area contributed by atoms with Gasteiger partial charge in [-0.15, -0.1) is 0 Å². The largest absolute Gasteiger partial charge is 0.454 e. The number of hydrogen-bond acceptors (Lipinski definition) is 8. The van der Waals surface area contributed by atoms with Gasteiger partial charge < -0.3 is 25.3 Å². The van der Waals surface area contributed by atoms with Crippen LogP contribution >= 0.6 is 0 Å². The lowest BCUT2D eigenvalue weighted by Gasteiger charge is -2.12. The molecule has 2 aliphatic heterocycles. The number of aryl methyl sites for hydroxylation is 1. The van der Waals surface area contributed by atoms with Crippen molar-refractivity contribution >= 4 is 22.8 Å². The number of nitrogen functional groups attached to an aromatic ring is 1. The first-order valence-corrected chi connectivity index (χ1v) is 8.95. The van der Waals surface area contributed by atoms with Crippen molar-refractivity contribution in [3.63, 3.8) is 0 Å². The lowest BCUT2D eigenvalue weighted by molar-refractivity contribution is 0.120. The molecule has 3 N–H and O–H groups in total. The van der Waals surface area contributed by atoms with Crippen LogP contribution in [0.2, 0.25) is 0 Å². The number of rotatable bonds is 4. The molecule has 1 saturated heterocycles. The number of nitrogens with two attached hydrogens (primary N) is 1. The van der Waals surface area contributed by atoms with Gasteiger partial charge in [0.1, 0.15) is 5.82 Å². The lowest BCUT2D eigenvalue weighted by Crippen LogP contribution is -2.19. The zero-order chi connectivity index (χ0) is 18.4. The molecule has 2 aliphatic rings. The Balaban J connectivity index is 1.58. The minimum atomic E-state index is 0.187. The number of aromatic nitrogens is 4. The molecule has 1 atom stereocenters. The van der Waals surface area contributed by atoms with Gasteiger partial charge in [-0.2, -0.15) is 10.1 Å². The third-order valence-electron chi connectivity index (χ3n) is 4.90. The van der Waals surface area contributed by atoms with Gasteiger partial charge in [-0.3, -0.25) is 4.68 Å². The Kier molecular flexibility index (Phi) is 3.75. The highest BCUT2D eigenvalue weighted by molar-refractivity contribution is 5.99. The SMILES string of the molecule is Cn1nc2nc(NCC3CCCO3)nc(-c3ccc4c(c3)OCO4)c2c1N. The monoisotopic (exact) mass is 368 g/mol. The van der Waals surface area contributed by atoms with Gasteiger partial charge in [-0.05, 0) is 31.0 Å². The van der Waals surface area contributed by atoms with Crippen LogP contribution in [0.15, 0.2) is 18.2 Å². The molecule has 0 spiro atoms. The Labute approximate surface area is 155 Å². The highest BCUT2D eigenvalue weighted by atomic mass is 16.7. The van der Waals surface area contributed by atoms with Gasteiger partial charge in [0.15, 0.2) is 17.1 Å². The molecule has 9 heteroatoms. The normalized spacial score (nSPS) is 18.3. The summed E-state index contributed by atoms with van der Waals surface area (Å²) in [6.45, 7) is 1.70. The smallest absolute Gasteiger partial charge is 0.231 e. The topological polar surface area (TPSA) is 109 Å². The molecule has 0 amide bonds. The highest BCUT2D eigenvalue weighted by Crippen LogP contribution is 2.38. The molecule has 0 aliphatic carbocycles. The van der Waals surface area contributed by atoms with E-state index in [2.05, 4.69) is 15.4 Å². The van der Waals surface area contributed by atoms with Gasteiger partial charge >= 0.3 is 0 Å². The van der Waals surface area contributed by atoms with Crippen molar-refractivity contribution in [1.82, 2.24) is 19.7 Å². The van der Waals surface area contributed by atoms with Crippen LogP contribution in [0.5, 0.6) is 11.5 Å². The van der Waals surface area contributed by atoms with E-state index >= 15 is 0 Å². The second-order valence-electron chi connectivity index (χ2n) is 6.69. The average Bonchev–Trinajstić information content (AvgIpc) is 3.40. The van der Waals surface area contributed by atoms with Gasteiger partial charge in [0, 0.05) is 25.8 Å². The van der Waals surface area contributed by atoms with E-state index in [0.717, 1.165) is 36.1 Å². The number of nitrogens with zero attached hydrogens (tertiary/aromatic N) is 4. The number of fused-ring (bicyclic) bond motifs is 2. The van der Waals surface area contributed by atoms with E-state index in [4.69, 9.17) is 24.9 Å². The van der Waals surface area contributed by atoms with E-state index in [1.165, 1.54) is 0 Å². The summed E-state index contributed by atoms with van der Waals surface area (Å²) in [5.74, 6) is 2.43.